The quantitative estimate of drug-likeness (QED) is 0.651. The maximum absolute atomic E-state index is 10.7. The Hall–Kier alpha value is -2.63. The van der Waals surface area contributed by atoms with E-state index in [1.165, 1.54) is 6.07 Å². The summed E-state index contributed by atoms with van der Waals surface area (Å²) < 4.78 is 5.44. The molecule has 0 saturated heterocycles. The maximum atomic E-state index is 10.7. The minimum Gasteiger partial charge on any atom is -0.494 e. The van der Waals surface area contributed by atoms with E-state index >= 15 is 0 Å². The van der Waals surface area contributed by atoms with Gasteiger partial charge in [-0.25, -0.2) is 4.98 Å². The number of nitrogens with one attached hydrogen (secondary N) is 1. The molecule has 0 fully saturated rings. The number of benzene rings is 1. The normalized spacial score (nSPS) is 10.2. The molecular weight excluding hydrogens is 270 g/mol. The van der Waals surface area contributed by atoms with Crippen LogP contribution in [0, 0.1) is 17.0 Å². The van der Waals surface area contributed by atoms with Gasteiger partial charge >= 0.3 is 0 Å². The third kappa shape index (κ3) is 3.92. The largest absolute Gasteiger partial charge is 0.494 e. The fourth-order valence-electron chi connectivity index (χ4n) is 1.95. The van der Waals surface area contributed by atoms with Gasteiger partial charge in [-0.2, -0.15) is 0 Å². The molecule has 0 radical (unpaired) electrons. The van der Waals surface area contributed by atoms with Crippen LogP contribution >= 0.6 is 0 Å². The van der Waals surface area contributed by atoms with Gasteiger partial charge in [0.15, 0.2) is 0 Å². The zero-order valence-electron chi connectivity index (χ0n) is 12.0. The average molecular weight is 287 g/mol. The Bertz CT molecular complexity index is 644. The van der Waals surface area contributed by atoms with E-state index in [2.05, 4.69) is 10.3 Å². The lowest BCUT2D eigenvalue weighted by Gasteiger charge is -2.08. The minimum absolute atomic E-state index is 0.0268. The van der Waals surface area contributed by atoms with E-state index in [4.69, 9.17) is 4.74 Å². The second kappa shape index (κ2) is 6.69. The number of pyridine rings is 1. The van der Waals surface area contributed by atoms with E-state index in [9.17, 15) is 10.1 Å². The standard InChI is InChI=1S/C15H17N3O3/c1-3-21-13-6-4-5-12(9-13)10-16-15-8-7-14(18(19)20)11(2)17-15/h4-9H,3,10H2,1-2H3,(H,16,17). The SMILES string of the molecule is CCOc1cccc(CNc2ccc([N+](=O)[O-])c(C)n2)c1. The van der Waals surface area contributed by atoms with Crippen molar-refractivity contribution >= 4 is 11.5 Å². The van der Waals surface area contributed by atoms with Crippen LogP contribution < -0.4 is 10.1 Å². The molecule has 110 valence electrons. The highest BCUT2D eigenvalue weighted by Crippen LogP contribution is 2.19. The van der Waals surface area contributed by atoms with Gasteiger partial charge in [0.1, 0.15) is 17.3 Å². The second-order valence-corrected chi connectivity index (χ2v) is 4.49. The van der Waals surface area contributed by atoms with Crippen LogP contribution in [-0.2, 0) is 6.54 Å². The van der Waals surface area contributed by atoms with Gasteiger partial charge in [0.2, 0.25) is 0 Å². The van der Waals surface area contributed by atoms with Crippen molar-refractivity contribution in [1.29, 1.82) is 0 Å². The lowest BCUT2D eigenvalue weighted by Crippen LogP contribution is -2.03. The Balaban J connectivity index is 2.04. The first-order valence-corrected chi connectivity index (χ1v) is 6.68. The fourth-order valence-corrected chi connectivity index (χ4v) is 1.95. The molecule has 0 aliphatic rings. The number of ether oxygens (including phenoxy) is 1. The van der Waals surface area contributed by atoms with Crippen molar-refractivity contribution in [3.05, 3.63) is 57.8 Å². The molecule has 6 heteroatoms. The van der Waals surface area contributed by atoms with Crippen LogP contribution in [0.3, 0.4) is 0 Å². The maximum Gasteiger partial charge on any atom is 0.290 e. The summed E-state index contributed by atoms with van der Waals surface area (Å²) in [6, 6.07) is 10.8. The van der Waals surface area contributed by atoms with E-state index < -0.39 is 4.92 Å². The van der Waals surface area contributed by atoms with Gasteiger partial charge in [0, 0.05) is 12.6 Å². The van der Waals surface area contributed by atoms with Crippen molar-refractivity contribution in [1.82, 2.24) is 4.98 Å². The van der Waals surface area contributed by atoms with Gasteiger partial charge in [-0.05, 0) is 37.6 Å². The lowest BCUT2D eigenvalue weighted by molar-refractivity contribution is -0.385. The molecule has 0 spiro atoms. The zero-order chi connectivity index (χ0) is 15.2. The zero-order valence-corrected chi connectivity index (χ0v) is 12.0. The molecule has 0 amide bonds. The van der Waals surface area contributed by atoms with Gasteiger partial charge in [0.05, 0.1) is 11.5 Å². The average Bonchev–Trinajstić information content (AvgIpc) is 2.45. The number of hydrogen-bond acceptors (Lipinski definition) is 5. The predicted molar refractivity (Wildman–Crippen MR) is 80.6 cm³/mol. The number of aromatic nitrogens is 1. The van der Waals surface area contributed by atoms with E-state index in [0.717, 1.165) is 11.3 Å². The monoisotopic (exact) mass is 287 g/mol. The van der Waals surface area contributed by atoms with Gasteiger partial charge in [-0.15, -0.1) is 0 Å². The minimum atomic E-state index is -0.433. The van der Waals surface area contributed by atoms with Crippen molar-refractivity contribution in [2.24, 2.45) is 0 Å². The van der Waals surface area contributed by atoms with Gasteiger partial charge in [0.25, 0.3) is 5.69 Å². The van der Waals surface area contributed by atoms with Crippen LogP contribution in [0.1, 0.15) is 18.2 Å². The van der Waals surface area contributed by atoms with Gasteiger partial charge < -0.3 is 10.1 Å². The van der Waals surface area contributed by atoms with Crippen molar-refractivity contribution in [2.75, 3.05) is 11.9 Å². The van der Waals surface area contributed by atoms with Crippen LogP contribution in [0.4, 0.5) is 11.5 Å². The summed E-state index contributed by atoms with van der Waals surface area (Å²) in [4.78, 5) is 14.5. The van der Waals surface area contributed by atoms with E-state index in [1.807, 2.05) is 31.2 Å². The number of rotatable bonds is 6. The summed E-state index contributed by atoms with van der Waals surface area (Å²) >= 11 is 0. The van der Waals surface area contributed by atoms with Crippen molar-refractivity contribution < 1.29 is 9.66 Å². The molecule has 21 heavy (non-hydrogen) atoms. The Morgan fingerprint density at radius 3 is 2.81 bits per heavy atom. The van der Waals surface area contributed by atoms with E-state index in [-0.39, 0.29) is 5.69 Å². The predicted octanol–water partition coefficient (Wildman–Crippen LogP) is 3.31. The molecular formula is C15H17N3O3. The first-order chi connectivity index (χ1) is 10.1. The Kier molecular flexibility index (Phi) is 4.71. The molecule has 0 saturated carbocycles. The number of hydrogen-bond donors (Lipinski definition) is 1. The van der Waals surface area contributed by atoms with Crippen molar-refractivity contribution in [3.63, 3.8) is 0 Å². The van der Waals surface area contributed by atoms with E-state index in [0.29, 0.717) is 24.7 Å². The number of aryl methyl sites for hydroxylation is 1. The molecule has 2 aromatic rings. The molecule has 0 aliphatic heterocycles. The topological polar surface area (TPSA) is 77.3 Å². The summed E-state index contributed by atoms with van der Waals surface area (Å²) in [6.45, 7) is 4.76. The summed E-state index contributed by atoms with van der Waals surface area (Å²) in [5.74, 6) is 1.43. The van der Waals surface area contributed by atoms with Crippen LogP contribution in [-0.4, -0.2) is 16.5 Å². The van der Waals surface area contributed by atoms with Gasteiger partial charge in [-0.1, -0.05) is 12.1 Å². The molecule has 1 aromatic carbocycles. The first kappa shape index (κ1) is 14.8. The molecule has 0 unspecified atom stereocenters. The van der Waals surface area contributed by atoms with Crippen molar-refractivity contribution in [2.45, 2.75) is 20.4 Å². The smallest absolute Gasteiger partial charge is 0.290 e. The molecule has 0 aliphatic carbocycles. The van der Waals surface area contributed by atoms with Gasteiger partial charge in [-0.3, -0.25) is 10.1 Å². The number of nitrogens with zero attached hydrogens (tertiary/aromatic N) is 2. The summed E-state index contributed by atoms with van der Waals surface area (Å²) in [5.41, 5.74) is 1.48. The highest BCUT2D eigenvalue weighted by atomic mass is 16.6. The molecule has 6 nitrogen and oxygen atoms in total. The summed E-state index contributed by atoms with van der Waals surface area (Å²) in [6.07, 6.45) is 0. The van der Waals surface area contributed by atoms with Crippen LogP contribution in [0.2, 0.25) is 0 Å². The van der Waals surface area contributed by atoms with Crippen LogP contribution in [0.25, 0.3) is 0 Å². The van der Waals surface area contributed by atoms with Crippen LogP contribution in [0.5, 0.6) is 5.75 Å². The number of anilines is 1. The Morgan fingerprint density at radius 2 is 2.14 bits per heavy atom. The van der Waals surface area contributed by atoms with Crippen molar-refractivity contribution in [3.8, 4) is 5.75 Å². The fraction of sp³-hybridized carbons (Fsp3) is 0.267. The molecule has 1 N–H and O–H groups in total. The molecule has 0 atom stereocenters. The molecule has 0 bridgehead atoms. The third-order valence-corrected chi connectivity index (χ3v) is 2.94. The highest BCUT2D eigenvalue weighted by Gasteiger charge is 2.11. The summed E-state index contributed by atoms with van der Waals surface area (Å²) in [5, 5.41) is 13.9. The Labute approximate surface area is 122 Å². The molecule has 2 rings (SSSR count). The second-order valence-electron chi connectivity index (χ2n) is 4.49. The van der Waals surface area contributed by atoms with E-state index in [1.54, 1.807) is 13.0 Å². The Morgan fingerprint density at radius 1 is 1.33 bits per heavy atom. The third-order valence-electron chi connectivity index (χ3n) is 2.94. The lowest BCUT2D eigenvalue weighted by atomic mass is 10.2. The van der Waals surface area contributed by atoms with Crippen LogP contribution in [0.15, 0.2) is 36.4 Å². The number of nitro groups is 1. The molecule has 1 heterocycles. The molecule has 1 aromatic heterocycles. The summed E-state index contributed by atoms with van der Waals surface area (Å²) in [7, 11) is 0. The highest BCUT2D eigenvalue weighted by molar-refractivity contribution is 5.45. The first-order valence-electron chi connectivity index (χ1n) is 6.68.